The van der Waals surface area contributed by atoms with Gasteiger partial charge in [0.25, 0.3) is 0 Å². The van der Waals surface area contributed by atoms with E-state index in [-0.39, 0.29) is 18.9 Å². The number of aliphatic carboxylic acids is 1. The number of anilines is 1. The first-order valence-corrected chi connectivity index (χ1v) is 6.86. The van der Waals surface area contributed by atoms with Gasteiger partial charge in [-0.2, -0.15) is 0 Å². The van der Waals surface area contributed by atoms with Gasteiger partial charge in [0.05, 0.1) is 6.42 Å². The monoisotopic (exact) mass is 290 g/mol. The minimum absolute atomic E-state index is 0.0441. The Balaban J connectivity index is 1.96. The average molecular weight is 290 g/mol. The van der Waals surface area contributed by atoms with Crippen LogP contribution in [0.4, 0.5) is 5.69 Å². The molecule has 0 spiro atoms. The molecule has 2 N–H and O–H groups in total. The lowest BCUT2D eigenvalue weighted by atomic mass is 10.1. The number of amides is 2. The van der Waals surface area contributed by atoms with Crippen molar-refractivity contribution in [3.63, 3.8) is 0 Å². The standard InChI is InChI=1S/C15H18N2O4/c1-10-2-4-11(5-3-10)17-9-7-12(15(17)21)14(20)16-8-6-13(18)19/h2-5,12H,6-9H2,1H3,(H,16,20)(H,18,19). The molecule has 21 heavy (non-hydrogen) atoms. The van der Waals surface area contributed by atoms with Gasteiger partial charge in [0.15, 0.2) is 0 Å². The van der Waals surface area contributed by atoms with Gasteiger partial charge in [-0.1, -0.05) is 17.7 Å². The smallest absolute Gasteiger partial charge is 0.305 e. The third-order valence-electron chi connectivity index (χ3n) is 3.51. The highest BCUT2D eigenvalue weighted by Gasteiger charge is 2.37. The number of hydrogen-bond donors (Lipinski definition) is 2. The third kappa shape index (κ3) is 3.59. The lowest BCUT2D eigenvalue weighted by Gasteiger charge is -2.17. The minimum atomic E-state index is -0.977. The first-order valence-electron chi connectivity index (χ1n) is 6.86. The number of carbonyl (C=O) groups is 3. The van der Waals surface area contributed by atoms with Gasteiger partial charge in [-0.05, 0) is 25.5 Å². The molecule has 1 heterocycles. The molecule has 1 aliphatic heterocycles. The van der Waals surface area contributed by atoms with E-state index in [4.69, 9.17) is 5.11 Å². The van der Waals surface area contributed by atoms with E-state index in [1.54, 1.807) is 4.90 Å². The van der Waals surface area contributed by atoms with Crippen molar-refractivity contribution in [2.45, 2.75) is 19.8 Å². The number of carboxylic acids is 1. The predicted octanol–water partition coefficient (Wildman–Crippen LogP) is 0.939. The highest BCUT2D eigenvalue weighted by Crippen LogP contribution is 2.25. The van der Waals surface area contributed by atoms with E-state index in [1.807, 2.05) is 31.2 Å². The molecule has 112 valence electrons. The molecule has 0 radical (unpaired) electrons. The van der Waals surface area contributed by atoms with Gasteiger partial charge in [-0.3, -0.25) is 14.4 Å². The number of benzene rings is 1. The van der Waals surface area contributed by atoms with Gasteiger partial charge < -0.3 is 15.3 Å². The quantitative estimate of drug-likeness (QED) is 0.790. The highest BCUT2D eigenvalue weighted by atomic mass is 16.4. The lowest BCUT2D eigenvalue weighted by Crippen LogP contribution is -2.37. The van der Waals surface area contributed by atoms with E-state index in [0.29, 0.717) is 13.0 Å². The molecule has 1 saturated heterocycles. The normalized spacial score (nSPS) is 17.9. The second kappa shape index (κ2) is 6.39. The zero-order valence-electron chi connectivity index (χ0n) is 11.8. The van der Waals surface area contributed by atoms with Crippen molar-refractivity contribution in [2.24, 2.45) is 5.92 Å². The Morgan fingerprint density at radius 2 is 2.00 bits per heavy atom. The van der Waals surface area contributed by atoms with Gasteiger partial charge in [0.2, 0.25) is 11.8 Å². The fourth-order valence-corrected chi connectivity index (χ4v) is 2.32. The summed E-state index contributed by atoms with van der Waals surface area (Å²) in [5.41, 5.74) is 1.89. The molecule has 2 amide bonds. The lowest BCUT2D eigenvalue weighted by molar-refractivity contribution is -0.137. The molecule has 1 unspecified atom stereocenters. The summed E-state index contributed by atoms with van der Waals surface area (Å²) in [5.74, 6) is -2.32. The fraction of sp³-hybridized carbons (Fsp3) is 0.400. The maximum Gasteiger partial charge on any atom is 0.305 e. The van der Waals surface area contributed by atoms with E-state index < -0.39 is 17.8 Å². The van der Waals surface area contributed by atoms with Crippen molar-refractivity contribution in [3.8, 4) is 0 Å². The van der Waals surface area contributed by atoms with Crippen LogP contribution < -0.4 is 10.2 Å². The van der Waals surface area contributed by atoms with Gasteiger partial charge in [0.1, 0.15) is 5.92 Å². The Morgan fingerprint density at radius 3 is 2.62 bits per heavy atom. The number of carboxylic acid groups (broad SMARTS) is 1. The Labute approximate surface area is 122 Å². The second-order valence-electron chi connectivity index (χ2n) is 5.10. The van der Waals surface area contributed by atoms with Crippen LogP contribution in [0.2, 0.25) is 0 Å². The zero-order chi connectivity index (χ0) is 15.4. The topological polar surface area (TPSA) is 86.7 Å². The molecule has 1 aromatic rings. The Bertz CT molecular complexity index is 553. The van der Waals surface area contributed by atoms with Crippen molar-refractivity contribution in [1.29, 1.82) is 0 Å². The van der Waals surface area contributed by atoms with Crippen LogP contribution in [0.25, 0.3) is 0 Å². The molecule has 2 rings (SSSR count). The van der Waals surface area contributed by atoms with E-state index in [0.717, 1.165) is 11.3 Å². The van der Waals surface area contributed by atoms with Gasteiger partial charge in [-0.25, -0.2) is 0 Å². The van der Waals surface area contributed by atoms with Crippen LogP contribution in [0.5, 0.6) is 0 Å². The molecule has 1 aliphatic rings. The third-order valence-corrected chi connectivity index (χ3v) is 3.51. The van der Waals surface area contributed by atoms with E-state index in [1.165, 1.54) is 0 Å². The largest absolute Gasteiger partial charge is 0.481 e. The van der Waals surface area contributed by atoms with E-state index in [2.05, 4.69) is 5.32 Å². The second-order valence-corrected chi connectivity index (χ2v) is 5.10. The molecule has 6 nitrogen and oxygen atoms in total. The van der Waals surface area contributed by atoms with Crippen LogP contribution in [0.3, 0.4) is 0 Å². The number of carbonyl (C=O) groups excluding carboxylic acids is 2. The van der Waals surface area contributed by atoms with Gasteiger partial charge in [-0.15, -0.1) is 0 Å². The number of nitrogens with one attached hydrogen (secondary N) is 1. The number of nitrogens with zero attached hydrogens (tertiary/aromatic N) is 1. The van der Waals surface area contributed by atoms with Crippen LogP contribution in [0.1, 0.15) is 18.4 Å². The molecule has 1 atom stereocenters. The Kier molecular flexibility index (Phi) is 4.57. The molecular formula is C15H18N2O4. The van der Waals surface area contributed by atoms with Crippen molar-refractivity contribution >= 4 is 23.5 Å². The summed E-state index contributed by atoms with van der Waals surface area (Å²) in [5, 5.41) is 11.0. The van der Waals surface area contributed by atoms with E-state index >= 15 is 0 Å². The summed E-state index contributed by atoms with van der Waals surface area (Å²) < 4.78 is 0. The summed E-state index contributed by atoms with van der Waals surface area (Å²) in [6.45, 7) is 2.51. The summed E-state index contributed by atoms with van der Waals surface area (Å²) in [6.07, 6.45) is 0.305. The van der Waals surface area contributed by atoms with Crippen molar-refractivity contribution < 1.29 is 19.5 Å². The molecule has 1 fully saturated rings. The minimum Gasteiger partial charge on any atom is -0.481 e. The van der Waals surface area contributed by atoms with Crippen LogP contribution in [-0.4, -0.2) is 36.0 Å². The summed E-state index contributed by atoms with van der Waals surface area (Å²) in [6, 6.07) is 7.56. The fourth-order valence-electron chi connectivity index (χ4n) is 2.32. The number of aryl methyl sites for hydroxylation is 1. The average Bonchev–Trinajstić information content (AvgIpc) is 2.81. The molecule has 0 aromatic heterocycles. The predicted molar refractivity (Wildman–Crippen MR) is 76.9 cm³/mol. The van der Waals surface area contributed by atoms with Gasteiger partial charge >= 0.3 is 5.97 Å². The molecule has 0 aliphatic carbocycles. The van der Waals surface area contributed by atoms with E-state index in [9.17, 15) is 14.4 Å². The summed E-state index contributed by atoms with van der Waals surface area (Å²) in [4.78, 5) is 36.2. The van der Waals surface area contributed by atoms with Crippen molar-refractivity contribution in [2.75, 3.05) is 18.0 Å². The van der Waals surface area contributed by atoms with Crippen LogP contribution in [0.15, 0.2) is 24.3 Å². The Hall–Kier alpha value is -2.37. The molecule has 0 saturated carbocycles. The number of hydrogen-bond acceptors (Lipinski definition) is 3. The molecular weight excluding hydrogens is 272 g/mol. The van der Waals surface area contributed by atoms with Crippen molar-refractivity contribution in [1.82, 2.24) is 5.32 Å². The number of rotatable bonds is 5. The first-order chi connectivity index (χ1) is 9.99. The van der Waals surface area contributed by atoms with Gasteiger partial charge in [0, 0.05) is 18.8 Å². The molecule has 1 aromatic carbocycles. The van der Waals surface area contributed by atoms with Crippen molar-refractivity contribution in [3.05, 3.63) is 29.8 Å². The van der Waals surface area contributed by atoms with Crippen LogP contribution in [0, 0.1) is 12.8 Å². The van der Waals surface area contributed by atoms with Crippen LogP contribution in [-0.2, 0) is 14.4 Å². The first kappa shape index (κ1) is 15.0. The maximum absolute atomic E-state index is 12.3. The maximum atomic E-state index is 12.3. The molecule has 6 heteroatoms. The zero-order valence-corrected chi connectivity index (χ0v) is 11.8. The molecule has 0 bridgehead atoms. The summed E-state index contributed by atoms with van der Waals surface area (Å²) in [7, 11) is 0. The Morgan fingerprint density at radius 1 is 1.33 bits per heavy atom. The van der Waals surface area contributed by atoms with Crippen LogP contribution >= 0.6 is 0 Å². The summed E-state index contributed by atoms with van der Waals surface area (Å²) >= 11 is 0. The highest BCUT2D eigenvalue weighted by molar-refractivity contribution is 6.09. The SMILES string of the molecule is Cc1ccc(N2CCC(C(=O)NCCC(=O)O)C2=O)cc1.